The zero-order valence-corrected chi connectivity index (χ0v) is 14.4. The Morgan fingerprint density at radius 3 is 2.52 bits per heavy atom. The minimum absolute atomic E-state index is 0.248. The normalized spacial score (nSPS) is 18.9. The Hall–Kier alpha value is -3.39. The van der Waals surface area contributed by atoms with Crippen LogP contribution in [-0.4, -0.2) is 0 Å². The molecule has 1 atom stereocenters. The van der Waals surface area contributed by atoms with Crippen LogP contribution in [0.2, 0.25) is 0 Å². The fourth-order valence-corrected chi connectivity index (χ4v) is 4.48. The lowest BCUT2D eigenvalue weighted by Crippen LogP contribution is -2.32. The molecule has 1 spiro atoms. The molecule has 0 saturated carbocycles. The Morgan fingerprint density at radius 1 is 0.741 bits per heavy atom. The molecule has 1 aliphatic heterocycles. The first-order valence-corrected chi connectivity index (χ1v) is 9.06. The molecule has 0 amide bonds. The van der Waals surface area contributed by atoms with E-state index >= 15 is 0 Å². The van der Waals surface area contributed by atoms with Crippen molar-refractivity contribution in [3.05, 3.63) is 107 Å². The number of rotatable bonds is 0. The van der Waals surface area contributed by atoms with Gasteiger partial charge in [0.25, 0.3) is 0 Å². The maximum atomic E-state index is 14.1. The van der Waals surface area contributed by atoms with E-state index in [1.807, 2.05) is 36.4 Å². The number of fused-ring (bicyclic) bond motifs is 8. The monoisotopic (exact) mass is 350 g/mol. The van der Waals surface area contributed by atoms with Gasteiger partial charge in [-0.05, 0) is 52.3 Å². The average Bonchev–Trinajstić information content (AvgIpc) is 2.97. The summed E-state index contributed by atoms with van der Waals surface area (Å²) < 4.78 is 20.8. The number of benzene rings is 4. The van der Waals surface area contributed by atoms with Gasteiger partial charge < -0.3 is 4.74 Å². The van der Waals surface area contributed by atoms with E-state index < -0.39 is 5.60 Å². The molecule has 4 aromatic carbocycles. The lowest BCUT2D eigenvalue weighted by atomic mass is 9.87. The molecule has 1 heterocycles. The van der Waals surface area contributed by atoms with E-state index in [2.05, 4.69) is 42.5 Å². The first kappa shape index (κ1) is 14.7. The van der Waals surface area contributed by atoms with Crippen molar-refractivity contribution in [2.24, 2.45) is 0 Å². The fourth-order valence-electron chi connectivity index (χ4n) is 4.48. The summed E-state index contributed by atoms with van der Waals surface area (Å²) in [5.74, 6) is 0.574. The standard InChI is InChI=1S/C25H15FO/c26-17-10-11-20-19-7-3-4-8-22(19)25(23(20)15-17)14-13-21-18-6-2-1-5-16(18)9-12-24(21)27-25/h1-15H. The molecular formula is C25H15FO. The summed E-state index contributed by atoms with van der Waals surface area (Å²) in [6.45, 7) is 0. The summed E-state index contributed by atoms with van der Waals surface area (Å²) in [6.07, 6.45) is 4.20. The van der Waals surface area contributed by atoms with Gasteiger partial charge >= 0.3 is 0 Å². The highest BCUT2D eigenvalue weighted by Gasteiger charge is 2.45. The topological polar surface area (TPSA) is 9.23 Å². The van der Waals surface area contributed by atoms with Crippen molar-refractivity contribution in [2.45, 2.75) is 5.60 Å². The second-order valence-electron chi connectivity index (χ2n) is 7.11. The Bertz CT molecular complexity index is 1270. The van der Waals surface area contributed by atoms with Crippen molar-refractivity contribution in [2.75, 3.05) is 0 Å². The largest absolute Gasteiger partial charge is 0.473 e. The van der Waals surface area contributed by atoms with Gasteiger partial charge in [0, 0.05) is 16.7 Å². The van der Waals surface area contributed by atoms with Crippen LogP contribution in [0.5, 0.6) is 5.75 Å². The van der Waals surface area contributed by atoms with Crippen LogP contribution in [0.4, 0.5) is 4.39 Å². The molecule has 0 N–H and O–H groups in total. The van der Waals surface area contributed by atoms with Gasteiger partial charge in [0.15, 0.2) is 5.60 Å². The number of hydrogen-bond donors (Lipinski definition) is 0. The van der Waals surface area contributed by atoms with Gasteiger partial charge in [-0.25, -0.2) is 4.39 Å². The summed E-state index contributed by atoms with van der Waals surface area (Å²) in [6, 6.07) is 25.5. The molecule has 0 bridgehead atoms. The summed E-state index contributed by atoms with van der Waals surface area (Å²) >= 11 is 0. The van der Waals surface area contributed by atoms with Crippen LogP contribution >= 0.6 is 0 Å². The molecule has 2 aliphatic rings. The Balaban J connectivity index is 1.65. The Labute approximate surface area is 156 Å². The predicted octanol–water partition coefficient (Wildman–Crippen LogP) is 6.31. The van der Waals surface area contributed by atoms with Crippen molar-refractivity contribution in [3.8, 4) is 16.9 Å². The van der Waals surface area contributed by atoms with Crippen LogP contribution in [0.15, 0.2) is 84.9 Å². The van der Waals surface area contributed by atoms with E-state index in [9.17, 15) is 4.39 Å². The number of ether oxygens (including phenoxy) is 1. The van der Waals surface area contributed by atoms with E-state index in [-0.39, 0.29) is 5.82 Å². The fraction of sp³-hybridized carbons (Fsp3) is 0.0400. The van der Waals surface area contributed by atoms with E-state index in [0.29, 0.717) is 0 Å². The molecule has 1 unspecified atom stereocenters. The first-order valence-electron chi connectivity index (χ1n) is 9.06. The van der Waals surface area contributed by atoms with E-state index in [4.69, 9.17) is 4.74 Å². The van der Waals surface area contributed by atoms with Gasteiger partial charge in [-0.15, -0.1) is 0 Å². The lowest BCUT2D eigenvalue weighted by Gasteiger charge is -2.34. The van der Waals surface area contributed by atoms with E-state index in [1.54, 1.807) is 6.07 Å². The SMILES string of the molecule is Fc1ccc2c(c1)C1(C=Cc3c(ccc4ccccc34)O1)c1ccccc1-2. The average molecular weight is 350 g/mol. The molecule has 1 aliphatic carbocycles. The van der Waals surface area contributed by atoms with Crippen LogP contribution in [0.1, 0.15) is 16.7 Å². The van der Waals surface area contributed by atoms with Gasteiger partial charge in [-0.1, -0.05) is 60.7 Å². The van der Waals surface area contributed by atoms with Gasteiger partial charge in [-0.3, -0.25) is 0 Å². The summed E-state index contributed by atoms with van der Waals surface area (Å²) in [7, 11) is 0. The van der Waals surface area contributed by atoms with Crippen LogP contribution < -0.4 is 4.74 Å². The second-order valence-corrected chi connectivity index (χ2v) is 7.11. The van der Waals surface area contributed by atoms with Crippen molar-refractivity contribution in [3.63, 3.8) is 0 Å². The molecule has 0 aromatic heterocycles. The maximum absolute atomic E-state index is 14.1. The summed E-state index contributed by atoms with van der Waals surface area (Å²) in [5, 5.41) is 2.34. The zero-order valence-electron chi connectivity index (χ0n) is 14.4. The molecule has 0 radical (unpaired) electrons. The minimum Gasteiger partial charge on any atom is -0.473 e. The zero-order chi connectivity index (χ0) is 18.0. The highest BCUT2D eigenvalue weighted by atomic mass is 19.1. The van der Waals surface area contributed by atoms with Crippen molar-refractivity contribution < 1.29 is 9.13 Å². The van der Waals surface area contributed by atoms with Crippen LogP contribution in [0, 0.1) is 5.82 Å². The molecular weight excluding hydrogens is 335 g/mol. The van der Waals surface area contributed by atoms with E-state index in [0.717, 1.165) is 39.0 Å². The molecule has 0 fully saturated rings. The molecule has 6 rings (SSSR count). The Kier molecular flexibility index (Phi) is 2.77. The lowest BCUT2D eigenvalue weighted by molar-refractivity contribution is 0.166. The molecule has 128 valence electrons. The molecule has 27 heavy (non-hydrogen) atoms. The van der Waals surface area contributed by atoms with Crippen molar-refractivity contribution in [1.82, 2.24) is 0 Å². The summed E-state index contributed by atoms with van der Waals surface area (Å²) in [4.78, 5) is 0. The summed E-state index contributed by atoms with van der Waals surface area (Å²) in [5.41, 5.74) is 4.33. The van der Waals surface area contributed by atoms with Crippen molar-refractivity contribution >= 4 is 16.8 Å². The molecule has 4 aromatic rings. The molecule has 0 saturated heterocycles. The van der Waals surface area contributed by atoms with Gasteiger partial charge in [0.2, 0.25) is 0 Å². The van der Waals surface area contributed by atoms with Crippen LogP contribution in [-0.2, 0) is 5.60 Å². The number of halogens is 1. The maximum Gasteiger partial charge on any atom is 0.179 e. The van der Waals surface area contributed by atoms with Crippen LogP contribution in [0.3, 0.4) is 0 Å². The third-order valence-electron chi connectivity index (χ3n) is 5.69. The first-order chi connectivity index (χ1) is 13.3. The minimum atomic E-state index is -0.788. The third kappa shape index (κ3) is 1.87. The van der Waals surface area contributed by atoms with E-state index in [1.165, 1.54) is 11.5 Å². The van der Waals surface area contributed by atoms with Crippen LogP contribution in [0.25, 0.3) is 28.0 Å². The van der Waals surface area contributed by atoms with Gasteiger partial charge in [0.1, 0.15) is 11.6 Å². The Morgan fingerprint density at radius 2 is 1.56 bits per heavy atom. The van der Waals surface area contributed by atoms with Crippen molar-refractivity contribution in [1.29, 1.82) is 0 Å². The predicted molar refractivity (Wildman–Crippen MR) is 106 cm³/mol. The highest BCUT2D eigenvalue weighted by molar-refractivity contribution is 5.95. The third-order valence-corrected chi connectivity index (χ3v) is 5.69. The molecule has 1 nitrogen and oxygen atoms in total. The van der Waals surface area contributed by atoms with Gasteiger partial charge in [-0.2, -0.15) is 0 Å². The second kappa shape index (κ2) is 5.08. The smallest absolute Gasteiger partial charge is 0.179 e. The number of hydrogen-bond acceptors (Lipinski definition) is 1. The quantitative estimate of drug-likeness (QED) is 0.361. The van der Waals surface area contributed by atoms with Gasteiger partial charge in [0.05, 0.1) is 0 Å². The highest BCUT2D eigenvalue weighted by Crippen LogP contribution is 2.53. The molecule has 2 heteroatoms.